The second-order valence-electron chi connectivity index (χ2n) is 4.27. The molecule has 1 atom stereocenters. The Bertz CT molecular complexity index is 555. The first-order valence-corrected chi connectivity index (χ1v) is 5.99. The first kappa shape index (κ1) is 14.5. The maximum atomic E-state index is 13.2. The first-order chi connectivity index (χ1) is 9.61. The molecule has 1 unspecified atom stereocenters. The lowest BCUT2D eigenvalue weighted by atomic mass is 10.1. The van der Waals surface area contributed by atoms with Crippen molar-refractivity contribution in [3.63, 3.8) is 0 Å². The maximum absolute atomic E-state index is 13.2. The van der Waals surface area contributed by atoms with E-state index >= 15 is 0 Å². The third-order valence-electron chi connectivity index (χ3n) is 2.89. The topological polar surface area (TPSA) is 45.1 Å². The van der Waals surface area contributed by atoms with Crippen LogP contribution in [0.5, 0.6) is 0 Å². The smallest absolute Gasteiger partial charge is 0.194 e. The van der Waals surface area contributed by atoms with Crippen molar-refractivity contribution >= 4 is 0 Å². The zero-order chi connectivity index (χ0) is 14.5. The van der Waals surface area contributed by atoms with Crippen molar-refractivity contribution in [1.82, 2.24) is 10.3 Å². The molecule has 0 bridgehead atoms. The zero-order valence-electron chi connectivity index (χ0n) is 10.5. The van der Waals surface area contributed by atoms with Gasteiger partial charge in [-0.3, -0.25) is 4.98 Å². The van der Waals surface area contributed by atoms with Gasteiger partial charge in [0.1, 0.15) is 0 Å². The Morgan fingerprint density at radius 3 is 2.25 bits per heavy atom. The summed E-state index contributed by atoms with van der Waals surface area (Å²) in [5, 5.41) is 12.2. The summed E-state index contributed by atoms with van der Waals surface area (Å²) in [6, 6.07) is 4.60. The number of aromatic nitrogens is 1. The van der Waals surface area contributed by atoms with Gasteiger partial charge in [0, 0.05) is 18.9 Å². The summed E-state index contributed by atoms with van der Waals surface area (Å²) in [5.41, 5.74) is 1.06. The van der Waals surface area contributed by atoms with Gasteiger partial charge in [0.05, 0.1) is 12.6 Å². The minimum atomic E-state index is -1.51. The molecule has 0 radical (unpaired) electrons. The molecule has 0 saturated heterocycles. The number of aliphatic hydroxyl groups is 1. The number of rotatable bonds is 5. The lowest BCUT2D eigenvalue weighted by Crippen LogP contribution is -2.24. The Labute approximate surface area is 114 Å². The third kappa shape index (κ3) is 3.34. The molecule has 1 aromatic heterocycles. The summed E-state index contributed by atoms with van der Waals surface area (Å²) in [4.78, 5) is 3.87. The van der Waals surface area contributed by atoms with Gasteiger partial charge in [-0.15, -0.1) is 0 Å². The second-order valence-corrected chi connectivity index (χ2v) is 4.27. The van der Waals surface area contributed by atoms with E-state index in [1.807, 2.05) is 0 Å². The van der Waals surface area contributed by atoms with Crippen molar-refractivity contribution in [1.29, 1.82) is 0 Å². The Morgan fingerprint density at radius 1 is 1.10 bits per heavy atom. The average Bonchev–Trinajstić information content (AvgIpc) is 2.46. The molecule has 0 amide bonds. The first-order valence-electron chi connectivity index (χ1n) is 5.99. The fourth-order valence-corrected chi connectivity index (χ4v) is 1.81. The van der Waals surface area contributed by atoms with Gasteiger partial charge in [-0.25, -0.2) is 13.2 Å². The Kier molecular flexibility index (Phi) is 4.70. The largest absolute Gasteiger partial charge is 0.394 e. The van der Waals surface area contributed by atoms with Crippen molar-refractivity contribution in [2.24, 2.45) is 0 Å². The highest BCUT2D eigenvalue weighted by molar-refractivity contribution is 5.23. The van der Waals surface area contributed by atoms with Gasteiger partial charge in [-0.05, 0) is 35.4 Å². The molecule has 0 aliphatic carbocycles. The molecule has 20 heavy (non-hydrogen) atoms. The van der Waals surface area contributed by atoms with Crippen molar-refractivity contribution in [3.05, 3.63) is 65.2 Å². The van der Waals surface area contributed by atoms with Gasteiger partial charge in [0.25, 0.3) is 0 Å². The Hall–Kier alpha value is -1.92. The molecular weight excluding hydrogens is 269 g/mol. The van der Waals surface area contributed by atoms with E-state index in [9.17, 15) is 18.3 Å². The van der Waals surface area contributed by atoms with Crippen LogP contribution in [0.25, 0.3) is 0 Å². The van der Waals surface area contributed by atoms with Crippen molar-refractivity contribution in [2.75, 3.05) is 6.61 Å². The Morgan fingerprint density at radius 2 is 1.70 bits per heavy atom. The summed E-state index contributed by atoms with van der Waals surface area (Å²) >= 11 is 0. The molecule has 1 aromatic carbocycles. The fraction of sp³-hybridized carbons (Fsp3) is 0.214. The normalized spacial score (nSPS) is 12.4. The lowest BCUT2D eigenvalue weighted by molar-refractivity contribution is 0.242. The maximum Gasteiger partial charge on any atom is 0.194 e. The van der Waals surface area contributed by atoms with E-state index in [1.54, 1.807) is 24.5 Å². The van der Waals surface area contributed by atoms with Crippen LogP contribution in [0.3, 0.4) is 0 Å². The van der Waals surface area contributed by atoms with Crippen LogP contribution in [-0.2, 0) is 6.54 Å². The molecule has 2 aromatic rings. The quantitative estimate of drug-likeness (QED) is 0.827. The van der Waals surface area contributed by atoms with Crippen LogP contribution in [0, 0.1) is 17.5 Å². The van der Waals surface area contributed by atoms with Crippen LogP contribution in [-0.4, -0.2) is 16.7 Å². The van der Waals surface area contributed by atoms with Gasteiger partial charge < -0.3 is 10.4 Å². The SMILES string of the molecule is OCC(NCc1ccncc1)c1cc(F)c(F)c(F)c1. The summed E-state index contributed by atoms with van der Waals surface area (Å²) in [6.07, 6.45) is 3.23. The van der Waals surface area contributed by atoms with E-state index in [1.165, 1.54) is 0 Å². The molecule has 0 spiro atoms. The number of benzene rings is 1. The van der Waals surface area contributed by atoms with E-state index in [2.05, 4.69) is 10.3 Å². The van der Waals surface area contributed by atoms with Gasteiger partial charge >= 0.3 is 0 Å². The highest BCUT2D eigenvalue weighted by Crippen LogP contribution is 2.19. The number of hydrogen-bond acceptors (Lipinski definition) is 3. The van der Waals surface area contributed by atoms with Crippen LogP contribution in [0.1, 0.15) is 17.2 Å². The molecule has 2 rings (SSSR count). The number of pyridine rings is 1. The molecule has 0 aliphatic heterocycles. The highest BCUT2D eigenvalue weighted by atomic mass is 19.2. The monoisotopic (exact) mass is 282 g/mol. The van der Waals surface area contributed by atoms with E-state index < -0.39 is 23.5 Å². The number of hydrogen-bond donors (Lipinski definition) is 2. The standard InChI is InChI=1S/C14H13F3N2O/c15-11-5-10(6-12(16)14(11)17)13(8-20)19-7-9-1-3-18-4-2-9/h1-6,13,19-20H,7-8H2. The average molecular weight is 282 g/mol. The van der Waals surface area contributed by atoms with Crippen LogP contribution in [0.4, 0.5) is 13.2 Å². The highest BCUT2D eigenvalue weighted by Gasteiger charge is 2.16. The molecule has 0 saturated carbocycles. The molecule has 1 heterocycles. The van der Waals surface area contributed by atoms with E-state index in [0.717, 1.165) is 17.7 Å². The van der Waals surface area contributed by atoms with Gasteiger partial charge in [-0.2, -0.15) is 0 Å². The van der Waals surface area contributed by atoms with Crippen molar-refractivity contribution < 1.29 is 18.3 Å². The summed E-state index contributed by atoms with van der Waals surface area (Å²) in [6.45, 7) is 0.0178. The van der Waals surface area contributed by atoms with E-state index in [0.29, 0.717) is 6.54 Å². The number of halogens is 3. The molecule has 106 valence electrons. The molecule has 0 aliphatic rings. The predicted molar refractivity (Wildman–Crippen MR) is 67.2 cm³/mol. The van der Waals surface area contributed by atoms with Gasteiger partial charge in [0.2, 0.25) is 0 Å². The lowest BCUT2D eigenvalue weighted by Gasteiger charge is -2.17. The Balaban J connectivity index is 2.12. The minimum Gasteiger partial charge on any atom is -0.394 e. The molecule has 6 heteroatoms. The third-order valence-corrected chi connectivity index (χ3v) is 2.89. The molecule has 0 fully saturated rings. The van der Waals surface area contributed by atoms with E-state index in [-0.39, 0.29) is 12.2 Å². The minimum absolute atomic E-state index is 0.151. The van der Waals surface area contributed by atoms with Gasteiger partial charge in [0.15, 0.2) is 17.5 Å². The zero-order valence-corrected chi connectivity index (χ0v) is 10.5. The van der Waals surface area contributed by atoms with Gasteiger partial charge in [-0.1, -0.05) is 0 Å². The summed E-state index contributed by atoms with van der Waals surface area (Å²) in [7, 11) is 0. The van der Waals surface area contributed by atoms with Crippen LogP contribution in [0.2, 0.25) is 0 Å². The number of nitrogens with zero attached hydrogens (tertiary/aromatic N) is 1. The number of aliphatic hydroxyl groups excluding tert-OH is 1. The fourth-order valence-electron chi connectivity index (χ4n) is 1.81. The van der Waals surface area contributed by atoms with Crippen LogP contribution in [0.15, 0.2) is 36.7 Å². The molecular formula is C14H13F3N2O. The predicted octanol–water partition coefficient (Wildman–Crippen LogP) is 2.32. The second kappa shape index (κ2) is 6.49. The molecule has 2 N–H and O–H groups in total. The van der Waals surface area contributed by atoms with E-state index in [4.69, 9.17) is 0 Å². The van der Waals surface area contributed by atoms with Crippen molar-refractivity contribution in [3.8, 4) is 0 Å². The molecule has 3 nitrogen and oxygen atoms in total. The van der Waals surface area contributed by atoms with Crippen molar-refractivity contribution in [2.45, 2.75) is 12.6 Å². The van der Waals surface area contributed by atoms with Crippen LogP contribution < -0.4 is 5.32 Å². The van der Waals surface area contributed by atoms with Crippen LogP contribution >= 0.6 is 0 Å². The summed E-state index contributed by atoms with van der Waals surface area (Å²) < 4.78 is 39.2. The summed E-state index contributed by atoms with van der Waals surface area (Å²) in [5.74, 6) is -4.06. The number of nitrogens with one attached hydrogen (secondary N) is 1.